The zero-order valence-electron chi connectivity index (χ0n) is 13.8. The Balaban J connectivity index is 1.44. The molecule has 0 aliphatic heterocycles. The minimum atomic E-state index is -0.512. The third-order valence-corrected chi connectivity index (χ3v) is 5.25. The molecule has 0 radical (unpaired) electrons. The fourth-order valence-corrected chi connectivity index (χ4v) is 4.05. The van der Waals surface area contributed by atoms with Gasteiger partial charge >= 0.3 is 0 Å². The number of hydrogen-bond acceptors (Lipinski definition) is 5. The van der Waals surface area contributed by atoms with Crippen LogP contribution in [0.3, 0.4) is 0 Å². The monoisotopic (exact) mass is 337 g/mol. The number of carbonyl (C=O) groups is 2. The van der Waals surface area contributed by atoms with Crippen molar-refractivity contribution in [1.82, 2.24) is 9.97 Å². The summed E-state index contributed by atoms with van der Waals surface area (Å²) in [7, 11) is 0. The summed E-state index contributed by atoms with van der Waals surface area (Å²) in [5.41, 5.74) is 0.102. The molecule has 1 N–H and O–H groups in total. The van der Waals surface area contributed by atoms with Gasteiger partial charge in [0.1, 0.15) is 11.5 Å². The maximum Gasteiger partial charge on any atom is 0.231 e. The van der Waals surface area contributed by atoms with Crippen molar-refractivity contribution in [2.24, 2.45) is 11.3 Å². The summed E-state index contributed by atoms with van der Waals surface area (Å²) >= 11 is 0. The molecule has 2 atom stereocenters. The number of fused-ring (bicyclic) bond motifs is 1. The number of anilines is 1. The largest absolute Gasteiger partial charge is 0.437 e. The molecule has 0 bridgehead atoms. The van der Waals surface area contributed by atoms with Crippen LogP contribution in [0.2, 0.25) is 0 Å². The van der Waals surface area contributed by atoms with Gasteiger partial charge in [0.2, 0.25) is 11.8 Å². The number of carbonyl (C=O) groups excluding carboxylic acids is 2. The van der Waals surface area contributed by atoms with Gasteiger partial charge in [-0.3, -0.25) is 14.6 Å². The number of nitrogens with one attached hydrogen (secondary N) is 1. The number of ether oxygens (including phenoxy) is 1. The molecule has 0 saturated heterocycles. The predicted molar refractivity (Wildman–Crippen MR) is 91.2 cm³/mol. The number of aromatic nitrogens is 2. The zero-order chi connectivity index (χ0) is 17.3. The highest BCUT2D eigenvalue weighted by Crippen LogP contribution is 2.53. The molecule has 2 aliphatic rings. The first kappa shape index (κ1) is 15.7. The summed E-state index contributed by atoms with van der Waals surface area (Å²) in [6, 6.07) is 7.03. The fraction of sp³-hybridized carbons (Fsp3) is 0.368. The lowest BCUT2D eigenvalue weighted by Crippen LogP contribution is -2.36. The molecule has 2 aromatic heterocycles. The third-order valence-electron chi connectivity index (χ3n) is 5.25. The van der Waals surface area contributed by atoms with Crippen LogP contribution in [0.15, 0.2) is 42.9 Å². The van der Waals surface area contributed by atoms with Gasteiger partial charge in [-0.2, -0.15) is 0 Å². The van der Waals surface area contributed by atoms with E-state index in [0.717, 1.165) is 19.3 Å². The maximum absolute atomic E-state index is 12.8. The second-order valence-corrected chi connectivity index (χ2v) is 6.79. The van der Waals surface area contributed by atoms with Crippen molar-refractivity contribution in [2.75, 3.05) is 5.32 Å². The summed E-state index contributed by atoms with van der Waals surface area (Å²) in [4.78, 5) is 32.8. The zero-order valence-corrected chi connectivity index (χ0v) is 13.8. The van der Waals surface area contributed by atoms with E-state index < -0.39 is 5.41 Å². The van der Waals surface area contributed by atoms with Crippen LogP contribution in [-0.4, -0.2) is 21.7 Å². The molecule has 6 heteroatoms. The first-order valence-corrected chi connectivity index (χ1v) is 8.53. The summed E-state index contributed by atoms with van der Waals surface area (Å²) in [6.45, 7) is 0. The molecule has 2 fully saturated rings. The van der Waals surface area contributed by atoms with Gasteiger partial charge in [0.25, 0.3) is 0 Å². The quantitative estimate of drug-likeness (QED) is 0.925. The molecule has 4 rings (SSSR count). The average molecular weight is 337 g/mol. The van der Waals surface area contributed by atoms with Crippen LogP contribution in [0.4, 0.5) is 5.69 Å². The standard InChI is InChI=1S/C19H19N3O3/c23-15-9-13-3-1-7-19(13,10-15)18(24)22-14-5-6-17(21-11-14)25-16-4-2-8-20-12-16/h2,4-6,8,11-13H,1,3,7,9-10H2,(H,22,24)/t13-,19-/m0/s1. The van der Waals surface area contributed by atoms with Gasteiger partial charge in [-0.15, -0.1) is 0 Å². The Morgan fingerprint density at radius 2 is 2.20 bits per heavy atom. The minimum Gasteiger partial charge on any atom is -0.437 e. The van der Waals surface area contributed by atoms with Crippen molar-refractivity contribution in [3.05, 3.63) is 42.9 Å². The van der Waals surface area contributed by atoms with Crippen LogP contribution < -0.4 is 10.1 Å². The van der Waals surface area contributed by atoms with E-state index in [1.165, 1.54) is 0 Å². The number of Topliss-reactive ketones (excluding diaryl/α,β-unsaturated/α-hetero) is 1. The van der Waals surface area contributed by atoms with Gasteiger partial charge in [0.05, 0.1) is 23.5 Å². The highest BCUT2D eigenvalue weighted by molar-refractivity contribution is 6.01. The summed E-state index contributed by atoms with van der Waals surface area (Å²) in [5, 5.41) is 2.94. The van der Waals surface area contributed by atoms with E-state index in [1.807, 2.05) is 0 Å². The molecule has 25 heavy (non-hydrogen) atoms. The number of amides is 1. The molecule has 2 saturated carbocycles. The Kier molecular flexibility index (Phi) is 3.95. The lowest BCUT2D eigenvalue weighted by Gasteiger charge is -2.26. The molecule has 128 valence electrons. The second-order valence-electron chi connectivity index (χ2n) is 6.79. The Morgan fingerprint density at radius 3 is 2.96 bits per heavy atom. The van der Waals surface area contributed by atoms with Crippen molar-refractivity contribution < 1.29 is 14.3 Å². The van der Waals surface area contributed by atoms with Crippen molar-refractivity contribution in [3.63, 3.8) is 0 Å². The molecule has 2 heterocycles. The van der Waals surface area contributed by atoms with Crippen LogP contribution >= 0.6 is 0 Å². The highest BCUT2D eigenvalue weighted by Gasteiger charge is 2.54. The number of hydrogen-bond donors (Lipinski definition) is 1. The number of pyridine rings is 2. The van der Waals surface area contributed by atoms with E-state index in [9.17, 15) is 9.59 Å². The first-order valence-electron chi connectivity index (χ1n) is 8.53. The smallest absolute Gasteiger partial charge is 0.231 e. The first-order chi connectivity index (χ1) is 12.2. The van der Waals surface area contributed by atoms with E-state index in [0.29, 0.717) is 30.2 Å². The van der Waals surface area contributed by atoms with Gasteiger partial charge in [-0.1, -0.05) is 6.42 Å². The van der Waals surface area contributed by atoms with E-state index in [1.54, 1.807) is 42.9 Å². The van der Waals surface area contributed by atoms with Crippen molar-refractivity contribution in [2.45, 2.75) is 32.1 Å². The van der Waals surface area contributed by atoms with Crippen molar-refractivity contribution in [1.29, 1.82) is 0 Å². The highest BCUT2D eigenvalue weighted by atomic mass is 16.5. The van der Waals surface area contributed by atoms with Crippen LogP contribution in [0.5, 0.6) is 11.6 Å². The SMILES string of the molecule is O=C1C[C@@H]2CCC[C@]2(C(=O)Nc2ccc(Oc3cccnc3)nc2)C1. The molecule has 6 nitrogen and oxygen atoms in total. The summed E-state index contributed by atoms with van der Waals surface area (Å²) in [5.74, 6) is 1.38. The third kappa shape index (κ3) is 2.99. The van der Waals surface area contributed by atoms with Gasteiger partial charge < -0.3 is 10.1 Å². The number of nitrogens with zero attached hydrogens (tertiary/aromatic N) is 2. The molecular weight excluding hydrogens is 318 g/mol. The minimum absolute atomic E-state index is 0.0522. The van der Waals surface area contributed by atoms with E-state index in [-0.39, 0.29) is 17.6 Å². The van der Waals surface area contributed by atoms with Gasteiger partial charge in [-0.05, 0) is 37.0 Å². The lowest BCUT2D eigenvalue weighted by molar-refractivity contribution is -0.128. The Labute approximate surface area is 145 Å². The molecule has 0 aromatic carbocycles. The molecule has 1 amide bonds. The second kappa shape index (κ2) is 6.27. The Morgan fingerprint density at radius 1 is 1.28 bits per heavy atom. The van der Waals surface area contributed by atoms with Crippen LogP contribution in [0, 0.1) is 11.3 Å². The molecule has 2 aliphatic carbocycles. The van der Waals surface area contributed by atoms with Gasteiger partial charge in [-0.25, -0.2) is 4.98 Å². The molecule has 0 spiro atoms. The Hall–Kier alpha value is -2.76. The van der Waals surface area contributed by atoms with E-state index in [2.05, 4.69) is 15.3 Å². The molecular formula is C19H19N3O3. The van der Waals surface area contributed by atoms with Crippen molar-refractivity contribution >= 4 is 17.4 Å². The number of ketones is 1. The summed E-state index contributed by atoms with van der Waals surface area (Å²) < 4.78 is 5.59. The van der Waals surface area contributed by atoms with E-state index in [4.69, 9.17) is 4.74 Å². The van der Waals surface area contributed by atoms with Crippen LogP contribution in [0.25, 0.3) is 0 Å². The van der Waals surface area contributed by atoms with Gasteiger partial charge in [0, 0.05) is 25.1 Å². The van der Waals surface area contributed by atoms with Gasteiger partial charge in [0.15, 0.2) is 0 Å². The topological polar surface area (TPSA) is 81.2 Å². The Bertz CT molecular complexity index is 791. The maximum atomic E-state index is 12.8. The molecule has 0 unspecified atom stereocenters. The van der Waals surface area contributed by atoms with Crippen LogP contribution in [0.1, 0.15) is 32.1 Å². The number of rotatable bonds is 4. The van der Waals surface area contributed by atoms with Crippen LogP contribution in [-0.2, 0) is 9.59 Å². The van der Waals surface area contributed by atoms with Crippen molar-refractivity contribution in [3.8, 4) is 11.6 Å². The fourth-order valence-electron chi connectivity index (χ4n) is 4.05. The molecule has 2 aromatic rings. The average Bonchev–Trinajstić information content (AvgIpc) is 3.14. The summed E-state index contributed by atoms with van der Waals surface area (Å²) in [6.07, 6.45) is 8.54. The van der Waals surface area contributed by atoms with E-state index >= 15 is 0 Å². The normalized spacial score (nSPS) is 24.8. The lowest BCUT2D eigenvalue weighted by atomic mass is 9.79. The predicted octanol–water partition coefficient (Wildman–Crippen LogP) is 3.36.